The highest BCUT2D eigenvalue weighted by Crippen LogP contribution is 2.19. The van der Waals surface area contributed by atoms with Gasteiger partial charge in [-0.15, -0.1) is 0 Å². The van der Waals surface area contributed by atoms with Crippen LogP contribution in [0.25, 0.3) is 0 Å². The fourth-order valence-corrected chi connectivity index (χ4v) is 1.56. The second kappa shape index (κ2) is 6.01. The van der Waals surface area contributed by atoms with E-state index < -0.39 is 0 Å². The van der Waals surface area contributed by atoms with Gasteiger partial charge in [0.15, 0.2) is 5.82 Å². The second-order valence-corrected chi connectivity index (χ2v) is 3.98. The molecule has 1 aromatic carbocycles. The van der Waals surface area contributed by atoms with E-state index in [1.165, 1.54) is 4.57 Å². The van der Waals surface area contributed by atoms with E-state index in [0.29, 0.717) is 18.9 Å². The number of hydrogen-bond donors (Lipinski definition) is 2. The van der Waals surface area contributed by atoms with Crippen molar-refractivity contribution in [3.63, 3.8) is 0 Å². The van der Waals surface area contributed by atoms with E-state index in [2.05, 4.69) is 10.3 Å². The van der Waals surface area contributed by atoms with E-state index in [1.807, 2.05) is 18.2 Å². The first-order chi connectivity index (χ1) is 9.20. The number of nitrogens with zero attached hydrogens (tertiary/aromatic N) is 2. The van der Waals surface area contributed by atoms with E-state index in [-0.39, 0.29) is 11.4 Å². The Kier molecular flexibility index (Phi) is 4.15. The Labute approximate surface area is 110 Å². The lowest BCUT2D eigenvalue weighted by molar-refractivity contribution is 0.328. The molecular formula is C13H16N4O2. The maximum absolute atomic E-state index is 11.8. The van der Waals surface area contributed by atoms with Crippen molar-refractivity contribution in [2.24, 2.45) is 12.8 Å². The summed E-state index contributed by atoms with van der Waals surface area (Å²) in [5.74, 6) is 0.976. The molecule has 0 spiro atoms. The van der Waals surface area contributed by atoms with Crippen LogP contribution in [0, 0.1) is 0 Å². The molecule has 1 heterocycles. The van der Waals surface area contributed by atoms with E-state index in [9.17, 15) is 4.79 Å². The molecule has 6 nitrogen and oxygen atoms in total. The lowest BCUT2D eigenvalue weighted by Crippen LogP contribution is -2.20. The van der Waals surface area contributed by atoms with Crippen molar-refractivity contribution < 1.29 is 4.74 Å². The van der Waals surface area contributed by atoms with Gasteiger partial charge in [0, 0.05) is 37.7 Å². The Morgan fingerprint density at radius 3 is 3.11 bits per heavy atom. The number of anilines is 2. The predicted molar refractivity (Wildman–Crippen MR) is 73.8 cm³/mol. The van der Waals surface area contributed by atoms with Crippen molar-refractivity contribution in [1.29, 1.82) is 0 Å². The van der Waals surface area contributed by atoms with Crippen LogP contribution in [0.1, 0.15) is 0 Å². The molecule has 0 bridgehead atoms. The monoisotopic (exact) mass is 260 g/mol. The third-order valence-corrected chi connectivity index (χ3v) is 2.50. The number of hydrogen-bond acceptors (Lipinski definition) is 5. The number of rotatable bonds is 5. The molecule has 0 fully saturated rings. The SMILES string of the molecule is Cn1ccnc(Nc2cccc(OCCN)c2)c1=O. The molecule has 0 saturated heterocycles. The van der Waals surface area contributed by atoms with Crippen molar-refractivity contribution in [3.8, 4) is 5.75 Å². The quantitative estimate of drug-likeness (QED) is 0.833. The summed E-state index contributed by atoms with van der Waals surface area (Å²) < 4.78 is 6.88. The molecule has 0 aliphatic heterocycles. The number of benzene rings is 1. The van der Waals surface area contributed by atoms with Crippen LogP contribution in [0.3, 0.4) is 0 Å². The molecule has 6 heteroatoms. The summed E-state index contributed by atoms with van der Waals surface area (Å²) in [6, 6.07) is 7.30. The Morgan fingerprint density at radius 2 is 2.32 bits per heavy atom. The van der Waals surface area contributed by atoms with Crippen LogP contribution in [0.2, 0.25) is 0 Å². The molecule has 3 N–H and O–H groups in total. The molecule has 0 unspecified atom stereocenters. The van der Waals surface area contributed by atoms with Gasteiger partial charge < -0.3 is 20.4 Å². The average Bonchev–Trinajstić information content (AvgIpc) is 2.42. The van der Waals surface area contributed by atoms with Gasteiger partial charge in [0.05, 0.1) is 0 Å². The topological polar surface area (TPSA) is 82.2 Å². The zero-order valence-corrected chi connectivity index (χ0v) is 10.7. The van der Waals surface area contributed by atoms with Crippen molar-refractivity contribution in [2.75, 3.05) is 18.5 Å². The minimum absolute atomic E-state index is 0.184. The summed E-state index contributed by atoms with van der Waals surface area (Å²) in [5.41, 5.74) is 5.94. The Hall–Kier alpha value is -2.34. The zero-order chi connectivity index (χ0) is 13.7. The highest BCUT2D eigenvalue weighted by Gasteiger charge is 2.03. The molecule has 0 amide bonds. The largest absolute Gasteiger partial charge is 0.492 e. The predicted octanol–water partition coefficient (Wildman–Crippen LogP) is 0.861. The Morgan fingerprint density at radius 1 is 1.47 bits per heavy atom. The Bertz CT molecular complexity index is 610. The summed E-state index contributed by atoms with van der Waals surface area (Å²) in [6.45, 7) is 0.910. The van der Waals surface area contributed by atoms with Crippen LogP contribution in [0.15, 0.2) is 41.5 Å². The molecule has 0 aliphatic carbocycles. The summed E-state index contributed by atoms with van der Waals surface area (Å²) in [7, 11) is 1.68. The summed E-state index contributed by atoms with van der Waals surface area (Å²) in [4.78, 5) is 15.8. The number of aromatic nitrogens is 2. The molecule has 2 rings (SSSR count). The van der Waals surface area contributed by atoms with Crippen molar-refractivity contribution in [2.45, 2.75) is 0 Å². The van der Waals surface area contributed by atoms with E-state index >= 15 is 0 Å². The van der Waals surface area contributed by atoms with Gasteiger partial charge >= 0.3 is 0 Å². The average molecular weight is 260 g/mol. The highest BCUT2D eigenvalue weighted by molar-refractivity contribution is 5.57. The van der Waals surface area contributed by atoms with Crippen molar-refractivity contribution in [3.05, 3.63) is 47.0 Å². The Balaban J connectivity index is 2.19. The molecule has 19 heavy (non-hydrogen) atoms. The molecule has 2 aromatic rings. The van der Waals surface area contributed by atoms with E-state index in [1.54, 1.807) is 25.5 Å². The number of aryl methyl sites for hydroxylation is 1. The lowest BCUT2D eigenvalue weighted by Gasteiger charge is -2.09. The summed E-state index contributed by atoms with van der Waals surface area (Å²) >= 11 is 0. The standard InChI is InChI=1S/C13H16N4O2/c1-17-7-6-15-12(13(17)18)16-10-3-2-4-11(9-10)19-8-5-14/h2-4,6-7,9H,5,8,14H2,1H3,(H,15,16). The molecule has 0 atom stereocenters. The molecule has 1 aromatic heterocycles. The minimum atomic E-state index is -0.184. The van der Waals surface area contributed by atoms with Crippen molar-refractivity contribution in [1.82, 2.24) is 9.55 Å². The first-order valence-electron chi connectivity index (χ1n) is 5.92. The van der Waals surface area contributed by atoms with E-state index in [4.69, 9.17) is 10.5 Å². The van der Waals surface area contributed by atoms with Crippen LogP contribution >= 0.6 is 0 Å². The van der Waals surface area contributed by atoms with Gasteiger partial charge in [0.1, 0.15) is 12.4 Å². The third-order valence-electron chi connectivity index (χ3n) is 2.50. The number of ether oxygens (including phenoxy) is 1. The minimum Gasteiger partial charge on any atom is -0.492 e. The van der Waals surface area contributed by atoms with Crippen LogP contribution in [-0.2, 0) is 7.05 Å². The lowest BCUT2D eigenvalue weighted by atomic mass is 10.3. The maximum atomic E-state index is 11.8. The normalized spacial score (nSPS) is 10.2. The molecule has 100 valence electrons. The number of nitrogens with one attached hydrogen (secondary N) is 1. The van der Waals surface area contributed by atoms with Crippen LogP contribution in [-0.4, -0.2) is 22.7 Å². The molecule has 0 saturated carbocycles. The second-order valence-electron chi connectivity index (χ2n) is 3.98. The van der Waals surface area contributed by atoms with Gasteiger partial charge in [-0.3, -0.25) is 4.79 Å². The maximum Gasteiger partial charge on any atom is 0.293 e. The van der Waals surface area contributed by atoms with Gasteiger partial charge in [-0.25, -0.2) is 4.98 Å². The first-order valence-corrected chi connectivity index (χ1v) is 5.92. The van der Waals surface area contributed by atoms with Gasteiger partial charge in [0.25, 0.3) is 5.56 Å². The molecule has 0 aliphatic rings. The summed E-state index contributed by atoms with van der Waals surface area (Å²) in [5, 5.41) is 2.97. The van der Waals surface area contributed by atoms with Crippen LogP contribution in [0.5, 0.6) is 5.75 Å². The van der Waals surface area contributed by atoms with Gasteiger partial charge in [-0.1, -0.05) is 6.07 Å². The highest BCUT2D eigenvalue weighted by atomic mass is 16.5. The van der Waals surface area contributed by atoms with Crippen molar-refractivity contribution >= 4 is 11.5 Å². The molecular weight excluding hydrogens is 244 g/mol. The smallest absolute Gasteiger partial charge is 0.293 e. The van der Waals surface area contributed by atoms with Crippen LogP contribution in [0.4, 0.5) is 11.5 Å². The van der Waals surface area contributed by atoms with Crippen LogP contribution < -0.4 is 21.3 Å². The number of nitrogens with two attached hydrogens (primary N) is 1. The third kappa shape index (κ3) is 3.32. The zero-order valence-electron chi connectivity index (χ0n) is 10.7. The summed E-state index contributed by atoms with van der Waals surface area (Å²) in [6.07, 6.45) is 3.17. The fraction of sp³-hybridized carbons (Fsp3) is 0.231. The fourth-order valence-electron chi connectivity index (χ4n) is 1.56. The van der Waals surface area contributed by atoms with Gasteiger partial charge in [0.2, 0.25) is 0 Å². The van der Waals surface area contributed by atoms with E-state index in [0.717, 1.165) is 5.69 Å². The molecule has 0 radical (unpaired) electrons. The van der Waals surface area contributed by atoms with Gasteiger partial charge in [-0.05, 0) is 12.1 Å². The van der Waals surface area contributed by atoms with Gasteiger partial charge in [-0.2, -0.15) is 0 Å². The first kappa shape index (κ1) is 13.1.